The first-order valence-electron chi connectivity index (χ1n) is 54.0. The van der Waals surface area contributed by atoms with E-state index in [1.165, 1.54) is 589 Å². The zero-order valence-corrected chi connectivity index (χ0v) is 80.0. The van der Waals surface area contributed by atoms with Crippen molar-refractivity contribution in [3.8, 4) is 11.5 Å². The van der Waals surface area contributed by atoms with Gasteiger partial charge >= 0.3 is 0 Å². The van der Waals surface area contributed by atoms with Crippen LogP contribution in [-0.4, -0.2) is 0 Å². The Morgan fingerprint density at radius 2 is 0.177 bits per heavy atom. The van der Waals surface area contributed by atoms with E-state index in [0.29, 0.717) is 0 Å². The van der Waals surface area contributed by atoms with Crippen LogP contribution in [0.15, 0.2) is 0 Å². The molecule has 0 fully saturated rings. The first kappa shape index (κ1) is 107. The minimum absolute atomic E-state index is 1.22. The molecular formula is C112H210O. The maximum Gasteiger partial charge on any atom is 0.134 e. The molecule has 0 spiro atoms. The van der Waals surface area contributed by atoms with Crippen molar-refractivity contribution < 1.29 is 4.74 Å². The Bertz CT molecular complexity index is 1990. The quantitative estimate of drug-likeness (QED) is 0.0600. The highest BCUT2D eigenvalue weighted by Gasteiger charge is 2.30. The third kappa shape index (κ3) is 57.2. The summed E-state index contributed by atoms with van der Waals surface area (Å²) in [5.41, 5.74) is 18.2. The first-order valence-corrected chi connectivity index (χ1v) is 54.0. The highest BCUT2D eigenvalue weighted by Crippen LogP contribution is 2.47. The Kier molecular flexibility index (Phi) is 79.6. The minimum atomic E-state index is 1.22. The smallest absolute Gasteiger partial charge is 0.134 e. The second kappa shape index (κ2) is 83.9. The van der Waals surface area contributed by atoms with Crippen LogP contribution in [0, 0.1) is 0 Å². The molecule has 1 nitrogen and oxygen atoms in total. The van der Waals surface area contributed by atoms with Crippen molar-refractivity contribution in [2.24, 2.45) is 0 Å². The van der Waals surface area contributed by atoms with E-state index in [4.69, 9.17) is 0 Å². The third-order valence-electron chi connectivity index (χ3n) is 27.0. The molecule has 2 aromatic rings. The van der Waals surface area contributed by atoms with Gasteiger partial charge in [-0.3, -0.25) is 0 Å². The summed E-state index contributed by atoms with van der Waals surface area (Å²) in [6.07, 6.45) is 124. The lowest BCUT2D eigenvalue weighted by Gasteiger charge is -2.31. The summed E-state index contributed by atoms with van der Waals surface area (Å²) < 4.78 is 9.17. The van der Waals surface area contributed by atoms with Crippen LogP contribution in [0.25, 0.3) is 0 Å². The third-order valence-corrected chi connectivity index (χ3v) is 27.0. The van der Waals surface area contributed by atoms with Gasteiger partial charge in [0.05, 0.1) is 0 Å². The molecule has 0 N–H and O–H groups in total. The van der Waals surface area contributed by atoms with E-state index in [2.05, 4.69) is 69.2 Å². The summed E-state index contributed by atoms with van der Waals surface area (Å²) in [4.78, 5) is 0. The SMILES string of the molecule is CCCCCCCCCCc1c(CCCCCCCCCC)c(CCCCCCCCCC)c(Oc2c(CCCCCCCCCC)c(CCCCCCCCCC)c(CCCCCCCCCC)c(CCCCCCCCCC)c2CCCCCCCCCC)c(CCCCCCCCCC)c1CCCCCCCCCC. The fourth-order valence-corrected chi connectivity index (χ4v) is 19.6. The van der Waals surface area contributed by atoms with Gasteiger partial charge in [-0.15, -0.1) is 0 Å². The largest absolute Gasteiger partial charge is 0.456 e. The zero-order valence-electron chi connectivity index (χ0n) is 80.0. The number of unbranched alkanes of at least 4 members (excludes halogenated alkanes) is 70. The molecule has 0 aromatic heterocycles. The van der Waals surface area contributed by atoms with Crippen LogP contribution in [0.2, 0.25) is 0 Å². The van der Waals surface area contributed by atoms with Gasteiger partial charge in [-0.1, -0.05) is 519 Å². The molecule has 1 heteroatoms. The van der Waals surface area contributed by atoms with Gasteiger partial charge in [-0.25, -0.2) is 0 Å². The van der Waals surface area contributed by atoms with Crippen molar-refractivity contribution in [2.45, 2.75) is 647 Å². The van der Waals surface area contributed by atoms with Gasteiger partial charge < -0.3 is 4.74 Å². The van der Waals surface area contributed by atoms with Crippen LogP contribution in [-0.2, 0) is 64.2 Å². The van der Waals surface area contributed by atoms with Crippen molar-refractivity contribution >= 4 is 0 Å². The Labute approximate surface area is 714 Å². The van der Waals surface area contributed by atoms with Crippen LogP contribution in [0.3, 0.4) is 0 Å². The fraction of sp³-hybridized carbons (Fsp3) is 0.893. The molecule has 0 aliphatic rings. The summed E-state index contributed by atoms with van der Waals surface area (Å²) in [6.45, 7) is 24.0. The average Bonchev–Trinajstić information content (AvgIpc) is 0.764. The van der Waals surface area contributed by atoms with Crippen molar-refractivity contribution in [1.29, 1.82) is 0 Å². The molecule has 0 aliphatic carbocycles. The molecule has 0 heterocycles. The topological polar surface area (TPSA) is 9.23 Å². The van der Waals surface area contributed by atoms with Crippen LogP contribution in [0.4, 0.5) is 0 Å². The second-order valence-corrected chi connectivity index (χ2v) is 37.8. The molecule has 664 valence electrons. The molecule has 113 heavy (non-hydrogen) atoms. The van der Waals surface area contributed by atoms with Gasteiger partial charge in [0.1, 0.15) is 11.5 Å². The van der Waals surface area contributed by atoms with E-state index in [-0.39, 0.29) is 0 Å². The van der Waals surface area contributed by atoms with E-state index in [1.54, 1.807) is 22.3 Å². The lowest BCUT2D eigenvalue weighted by Crippen LogP contribution is -2.16. The van der Waals surface area contributed by atoms with E-state index in [0.717, 1.165) is 0 Å². The van der Waals surface area contributed by atoms with Crippen molar-refractivity contribution in [1.82, 2.24) is 0 Å². The Morgan fingerprint density at radius 3 is 0.283 bits per heavy atom. The molecule has 0 aliphatic heterocycles. The van der Waals surface area contributed by atoms with Gasteiger partial charge in [-0.05, 0) is 184 Å². The Balaban J connectivity index is 3.61. The van der Waals surface area contributed by atoms with E-state index in [9.17, 15) is 4.74 Å². The number of hydrogen-bond donors (Lipinski definition) is 0. The molecule has 0 atom stereocenters. The van der Waals surface area contributed by atoms with Crippen LogP contribution in [0.5, 0.6) is 11.5 Å². The normalized spacial score (nSPS) is 11.8. The molecule has 2 aromatic carbocycles. The maximum absolute atomic E-state index is 9.17. The monoisotopic (exact) mass is 1570 g/mol. The molecule has 0 radical (unpaired) electrons. The van der Waals surface area contributed by atoms with Gasteiger partial charge in [-0.2, -0.15) is 0 Å². The average molecular weight is 1570 g/mol. The molecule has 0 saturated heterocycles. The predicted molar refractivity (Wildman–Crippen MR) is 516 cm³/mol. The summed E-state index contributed by atoms with van der Waals surface area (Å²) >= 11 is 0. The maximum atomic E-state index is 9.17. The number of ether oxygens (including phenoxy) is 1. The highest BCUT2D eigenvalue weighted by molar-refractivity contribution is 5.62. The molecule has 0 saturated carbocycles. The Hall–Kier alpha value is -1.76. The number of hydrogen-bond acceptors (Lipinski definition) is 1. The highest BCUT2D eigenvalue weighted by atomic mass is 16.5. The van der Waals surface area contributed by atoms with Crippen molar-refractivity contribution in [3.05, 3.63) is 55.6 Å². The van der Waals surface area contributed by atoms with E-state index < -0.39 is 0 Å². The Morgan fingerprint density at radius 1 is 0.0973 bits per heavy atom. The summed E-state index contributed by atoms with van der Waals surface area (Å²) in [6, 6.07) is 0. The lowest BCUT2D eigenvalue weighted by molar-refractivity contribution is 0.443. The standard InChI is InChI=1S/C112H210O/c1-11-21-31-41-51-61-71-81-91-101-103(93-83-73-63-53-43-33-23-13-3)107(97-87-77-67-57-47-37-27-17-7)111(108(98-88-78-68-58-48-38-28-18-8)104(101)94-84-74-64-54-44-34-24-14-4)113-112-109(99-89-79-69-59-49-39-29-19-9)105(95-85-75-65-55-45-35-25-15-5)102(92-82-72-62-52-42-32-22-12-2)106(96-86-76-66-56-46-36-26-16-6)110(112)100-90-80-70-60-50-40-30-20-10/h11-100H2,1-10H3. The van der Waals surface area contributed by atoms with Crippen molar-refractivity contribution in [3.63, 3.8) is 0 Å². The number of rotatable bonds is 92. The van der Waals surface area contributed by atoms with E-state index >= 15 is 0 Å². The minimum Gasteiger partial charge on any atom is -0.456 e. The fourth-order valence-electron chi connectivity index (χ4n) is 19.6. The lowest BCUT2D eigenvalue weighted by atomic mass is 9.79. The summed E-state index contributed by atoms with van der Waals surface area (Å²) in [5.74, 6) is 2.97. The van der Waals surface area contributed by atoms with Gasteiger partial charge in [0.15, 0.2) is 0 Å². The first-order chi connectivity index (χ1) is 56.0. The van der Waals surface area contributed by atoms with Crippen molar-refractivity contribution in [2.75, 3.05) is 0 Å². The molecule has 0 unspecified atom stereocenters. The van der Waals surface area contributed by atoms with Crippen LogP contribution in [0.1, 0.15) is 639 Å². The van der Waals surface area contributed by atoms with Crippen LogP contribution >= 0.6 is 0 Å². The predicted octanol–water partition coefficient (Wildman–Crippen LogP) is 40.3. The zero-order chi connectivity index (χ0) is 81.3. The van der Waals surface area contributed by atoms with Gasteiger partial charge in [0, 0.05) is 0 Å². The van der Waals surface area contributed by atoms with Gasteiger partial charge in [0.2, 0.25) is 0 Å². The molecule has 0 amide bonds. The second-order valence-electron chi connectivity index (χ2n) is 37.8. The summed E-state index contributed by atoms with van der Waals surface area (Å²) in [7, 11) is 0. The molecule has 0 bridgehead atoms. The van der Waals surface area contributed by atoms with Crippen LogP contribution < -0.4 is 4.74 Å². The summed E-state index contributed by atoms with van der Waals surface area (Å²) in [5, 5.41) is 0. The molecule has 2 rings (SSSR count). The number of benzene rings is 2. The van der Waals surface area contributed by atoms with Gasteiger partial charge in [0.25, 0.3) is 0 Å². The molecular weight excluding hydrogens is 1360 g/mol. The van der Waals surface area contributed by atoms with E-state index in [1.807, 2.05) is 33.4 Å².